The van der Waals surface area contributed by atoms with Gasteiger partial charge in [0, 0.05) is 12.1 Å². The van der Waals surface area contributed by atoms with E-state index in [1.54, 1.807) is 18.0 Å². The van der Waals surface area contributed by atoms with Crippen molar-refractivity contribution in [3.63, 3.8) is 0 Å². The molecule has 0 atom stereocenters. The Labute approximate surface area is 141 Å². The zero-order chi connectivity index (χ0) is 16.8. The first-order valence-corrected chi connectivity index (χ1v) is 8.23. The second-order valence-electron chi connectivity index (χ2n) is 5.91. The Morgan fingerprint density at radius 1 is 1.33 bits per heavy atom. The van der Waals surface area contributed by atoms with Gasteiger partial charge in [-0.2, -0.15) is 0 Å². The van der Waals surface area contributed by atoms with E-state index in [9.17, 15) is 4.79 Å². The van der Waals surface area contributed by atoms with E-state index in [0.717, 1.165) is 24.3 Å². The van der Waals surface area contributed by atoms with Crippen molar-refractivity contribution in [1.29, 1.82) is 0 Å². The van der Waals surface area contributed by atoms with Crippen LogP contribution in [0.25, 0.3) is 5.69 Å². The van der Waals surface area contributed by atoms with Gasteiger partial charge in [-0.25, -0.2) is 9.48 Å². The fourth-order valence-electron chi connectivity index (χ4n) is 2.84. The maximum atomic E-state index is 11.8. The van der Waals surface area contributed by atoms with E-state index in [1.807, 2.05) is 24.3 Å². The van der Waals surface area contributed by atoms with Crippen LogP contribution in [0.3, 0.4) is 0 Å². The summed E-state index contributed by atoms with van der Waals surface area (Å²) in [5, 5.41) is 11.0. The Morgan fingerprint density at radius 3 is 2.96 bits per heavy atom. The molecule has 1 fully saturated rings. The molecule has 0 radical (unpaired) electrons. The number of rotatable bonds is 5. The molecule has 1 aromatic carbocycles. The molecule has 128 valence electrons. The van der Waals surface area contributed by atoms with E-state index in [2.05, 4.69) is 15.6 Å². The molecule has 7 nitrogen and oxygen atoms in total. The smallest absolute Gasteiger partial charge is 0.407 e. The molecule has 0 unspecified atom stereocenters. The molecule has 7 heteroatoms. The van der Waals surface area contributed by atoms with Crippen molar-refractivity contribution >= 4 is 6.09 Å². The van der Waals surface area contributed by atoms with Gasteiger partial charge in [0.15, 0.2) is 0 Å². The summed E-state index contributed by atoms with van der Waals surface area (Å²) < 4.78 is 12.1. The summed E-state index contributed by atoms with van der Waals surface area (Å²) in [6.07, 6.45) is 6.99. The fraction of sp³-hybridized carbons (Fsp3) is 0.471. The minimum Gasteiger partial charge on any atom is -0.497 e. The van der Waals surface area contributed by atoms with Crippen molar-refractivity contribution in [1.82, 2.24) is 20.3 Å². The van der Waals surface area contributed by atoms with Crippen molar-refractivity contribution in [2.45, 2.75) is 44.8 Å². The normalized spacial score (nSPS) is 15.0. The molecule has 0 spiro atoms. The Kier molecular flexibility index (Phi) is 5.30. The number of carbonyl (C=O) groups is 1. The van der Waals surface area contributed by atoms with Gasteiger partial charge in [0.2, 0.25) is 0 Å². The van der Waals surface area contributed by atoms with Crippen LogP contribution < -0.4 is 10.1 Å². The molecular weight excluding hydrogens is 308 g/mol. The summed E-state index contributed by atoms with van der Waals surface area (Å²) in [4.78, 5) is 11.8. The number of nitrogens with one attached hydrogen (secondary N) is 1. The van der Waals surface area contributed by atoms with E-state index in [0.29, 0.717) is 5.69 Å². The number of hydrogen-bond donors (Lipinski definition) is 1. The highest BCUT2D eigenvalue weighted by molar-refractivity contribution is 5.67. The first kappa shape index (κ1) is 16.3. The molecule has 1 aliphatic carbocycles. The van der Waals surface area contributed by atoms with Crippen molar-refractivity contribution in [3.8, 4) is 11.4 Å². The van der Waals surface area contributed by atoms with Crippen LogP contribution >= 0.6 is 0 Å². The quantitative estimate of drug-likeness (QED) is 0.912. The minimum absolute atomic E-state index is 0.0997. The van der Waals surface area contributed by atoms with Gasteiger partial charge in [-0.05, 0) is 25.0 Å². The lowest BCUT2D eigenvalue weighted by molar-refractivity contribution is 0.131. The third-order valence-corrected chi connectivity index (χ3v) is 4.14. The monoisotopic (exact) mass is 330 g/mol. The highest BCUT2D eigenvalue weighted by atomic mass is 16.5. The molecule has 1 aromatic heterocycles. The highest BCUT2D eigenvalue weighted by Crippen LogP contribution is 2.18. The maximum Gasteiger partial charge on any atom is 0.407 e. The van der Waals surface area contributed by atoms with E-state index in [-0.39, 0.29) is 12.6 Å². The maximum absolute atomic E-state index is 11.8. The fourth-order valence-corrected chi connectivity index (χ4v) is 2.84. The third-order valence-electron chi connectivity index (χ3n) is 4.14. The molecule has 1 heterocycles. The number of nitrogens with zero attached hydrogens (tertiary/aromatic N) is 3. The van der Waals surface area contributed by atoms with Crippen molar-refractivity contribution in [2.75, 3.05) is 7.11 Å². The molecule has 3 rings (SSSR count). The average molecular weight is 330 g/mol. The number of ether oxygens (including phenoxy) is 2. The van der Waals surface area contributed by atoms with Gasteiger partial charge in [0.05, 0.1) is 19.0 Å². The summed E-state index contributed by atoms with van der Waals surface area (Å²) in [6, 6.07) is 7.73. The molecule has 1 N–H and O–H groups in total. The van der Waals surface area contributed by atoms with Crippen LogP contribution in [-0.4, -0.2) is 34.2 Å². The highest BCUT2D eigenvalue weighted by Gasteiger charge is 2.16. The van der Waals surface area contributed by atoms with Gasteiger partial charge in [-0.15, -0.1) is 5.10 Å². The number of benzene rings is 1. The molecule has 1 aliphatic rings. The lowest BCUT2D eigenvalue weighted by atomic mass is 9.96. The molecule has 1 saturated carbocycles. The molecule has 1 amide bonds. The van der Waals surface area contributed by atoms with Gasteiger partial charge < -0.3 is 14.8 Å². The lowest BCUT2D eigenvalue weighted by Crippen LogP contribution is -2.36. The predicted octanol–water partition coefficient (Wildman–Crippen LogP) is 2.83. The molecule has 0 aliphatic heterocycles. The van der Waals surface area contributed by atoms with Gasteiger partial charge in [0.25, 0.3) is 0 Å². The predicted molar refractivity (Wildman–Crippen MR) is 88.1 cm³/mol. The lowest BCUT2D eigenvalue weighted by Gasteiger charge is -2.22. The van der Waals surface area contributed by atoms with Crippen LogP contribution in [0.15, 0.2) is 30.5 Å². The SMILES string of the molecule is COc1cccc(-n2cc(COC(=O)NC3CCCCC3)nn2)c1. The standard InChI is InChI=1S/C17H22N4O3/c1-23-16-9-5-8-15(10-16)21-11-14(19-20-21)12-24-17(22)18-13-6-3-2-4-7-13/h5,8-11,13H,2-4,6-7,12H2,1H3,(H,18,22). The number of amides is 1. The molecular formula is C17H22N4O3. The Bertz CT molecular complexity index is 680. The van der Waals surface area contributed by atoms with Crippen LogP contribution in [0.2, 0.25) is 0 Å². The molecule has 0 saturated heterocycles. The average Bonchev–Trinajstić information content (AvgIpc) is 3.10. The number of aromatic nitrogens is 3. The van der Waals surface area contributed by atoms with E-state index < -0.39 is 6.09 Å². The number of hydrogen-bond acceptors (Lipinski definition) is 5. The third kappa shape index (κ3) is 4.24. The van der Waals surface area contributed by atoms with E-state index >= 15 is 0 Å². The summed E-state index contributed by atoms with van der Waals surface area (Å²) in [7, 11) is 1.62. The second-order valence-corrected chi connectivity index (χ2v) is 5.91. The van der Waals surface area contributed by atoms with Crippen molar-refractivity contribution in [2.24, 2.45) is 0 Å². The topological polar surface area (TPSA) is 78.3 Å². The van der Waals surface area contributed by atoms with Crippen LogP contribution in [0.5, 0.6) is 5.75 Å². The van der Waals surface area contributed by atoms with Gasteiger partial charge >= 0.3 is 6.09 Å². The number of alkyl carbamates (subject to hydrolysis) is 1. The largest absolute Gasteiger partial charge is 0.497 e. The van der Waals surface area contributed by atoms with Crippen LogP contribution in [0.1, 0.15) is 37.8 Å². The van der Waals surface area contributed by atoms with Crippen molar-refractivity contribution < 1.29 is 14.3 Å². The number of methoxy groups -OCH3 is 1. The summed E-state index contributed by atoms with van der Waals surface area (Å²) in [6.45, 7) is 0.0997. The zero-order valence-electron chi connectivity index (χ0n) is 13.8. The number of carbonyl (C=O) groups excluding carboxylic acids is 1. The Morgan fingerprint density at radius 2 is 2.17 bits per heavy atom. The molecule has 2 aromatic rings. The summed E-state index contributed by atoms with van der Waals surface area (Å²) >= 11 is 0. The van der Waals surface area contributed by atoms with Crippen LogP contribution in [0, 0.1) is 0 Å². The van der Waals surface area contributed by atoms with Crippen LogP contribution in [0.4, 0.5) is 4.79 Å². The summed E-state index contributed by atoms with van der Waals surface area (Å²) in [5.41, 5.74) is 1.43. The van der Waals surface area contributed by atoms with Gasteiger partial charge in [-0.3, -0.25) is 0 Å². The first-order valence-electron chi connectivity index (χ1n) is 8.23. The second kappa shape index (κ2) is 7.81. The summed E-state index contributed by atoms with van der Waals surface area (Å²) in [5.74, 6) is 0.743. The minimum atomic E-state index is -0.391. The Hall–Kier alpha value is -2.57. The first-order chi connectivity index (χ1) is 11.7. The zero-order valence-corrected chi connectivity index (χ0v) is 13.8. The van der Waals surface area contributed by atoms with Gasteiger partial charge in [-0.1, -0.05) is 30.5 Å². The van der Waals surface area contributed by atoms with Crippen molar-refractivity contribution in [3.05, 3.63) is 36.2 Å². The van der Waals surface area contributed by atoms with Crippen LogP contribution in [-0.2, 0) is 11.3 Å². The van der Waals surface area contributed by atoms with E-state index in [4.69, 9.17) is 9.47 Å². The van der Waals surface area contributed by atoms with Gasteiger partial charge in [0.1, 0.15) is 18.1 Å². The Balaban J connectivity index is 1.53. The molecule has 24 heavy (non-hydrogen) atoms. The van der Waals surface area contributed by atoms with E-state index in [1.165, 1.54) is 19.3 Å². The molecule has 0 bridgehead atoms.